The van der Waals surface area contributed by atoms with E-state index in [2.05, 4.69) is 41.5 Å². The van der Waals surface area contributed by atoms with E-state index in [1.54, 1.807) is 6.26 Å². The first-order chi connectivity index (χ1) is 11.7. The minimum atomic E-state index is -0.0474. The van der Waals surface area contributed by atoms with Crippen LogP contribution in [0, 0.1) is 0 Å². The second-order valence-electron chi connectivity index (χ2n) is 5.21. The molecule has 1 aromatic carbocycles. The Morgan fingerprint density at radius 1 is 1.29 bits per heavy atom. The van der Waals surface area contributed by atoms with Crippen molar-refractivity contribution in [1.82, 2.24) is 4.98 Å². The molecule has 0 saturated heterocycles. The van der Waals surface area contributed by atoms with Gasteiger partial charge in [0.05, 0.1) is 23.5 Å². The molecule has 0 aliphatic carbocycles. The average molecular weight is 358 g/mol. The van der Waals surface area contributed by atoms with Gasteiger partial charge >= 0.3 is 0 Å². The van der Waals surface area contributed by atoms with Crippen LogP contribution in [0.15, 0.2) is 52.5 Å². The van der Waals surface area contributed by atoms with Crippen LogP contribution in [0.25, 0.3) is 11.3 Å². The van der Waals surface area contributed by atoms with Crippen molar-refractivity contribution in [2.24, 2.45) is 0 Å². The summed E-state index contributed by atoms with van der Waals surface area (Å²) in [6.07, 6.45) is 2.66. The van der Waals surface area contributed by atoms with Crippen LogP contribution in [0.5, 0.6) is 0 Å². The van der Waals surface area contributed by atoms with Gasteiger partial charge in [-0.15, -0.1) is 23.1 Å². The number of nitrogens with zero attached hydrogens (tertiary/aromatic N) is 1. The summed E-state index contributed by atoms with van der Waals surface area (Å²) in [6.45, 7) is 2.13. The average Bonchev–Trinajstić information content (AvgIpc) is 3.27. The third-order valence-electron chi connectivity index (χ3n) is 3.47. The van der Waals surface area contributed by atoms with Crippen LogP contribution in [-0.2, 0) is 17.0 Å². The molecule has 0 aliphatic rings. The van der Waals surface area contributed by atoms with Crippen molar-refractivity contribution in [2.45, 2.75) is 19.1 Å². The standard InChI is InChI=1S/C18H18N2O2S2/c1-2-13-5-7-14(8-6-13)16-11-24-18(19-16)20-17(21)12-23-10-15-4-3-9-22-15/h3-9,11H,2,10,12H2,1H3,(H,19,20,21). The Morgan fingerprint density at radius 2 is 2.12 bits per heavy atom. The van der Waals surface area contributed by atoms with E-state index in [0.29, 0.717) is 16.6 Å². The number of hydrogen-bond acceptors (Lipinski definition) is 5. The number of carbonyl (C=O) groups is 1. The van der Waals surface area contributed by atoms with Gasteiger partial charge in [0.15, 0.2) is 5.13 Å². The number of benzene rings is 1. The summed E-state index contributed by atoms with van der Waals surface area (Å²) in [5, 5.41) is 5.45. The lowest BCUT2D eigenvalue weighted by molar-refractivity contribution is -0.113. The number of hydrogen-bond donors (Lipinski definition) is 1. The fraction of sp³-hybridized carbons (Fsp3) is 0.222. The molecule has 0 bridgehead atoms. The molecule has 1 N–H and O–H groups in total. The van der Waals surface area contributed by atoms with Crippen molar-refractivity contribution < 1.29 is 9.21 Å². The minimum absolute atomic E-state index is 0.0474. The lowest BCUT2D eigenvalue weighted by Gasteiger charge is -2.01. The second kappa shape index (κ2) is 8.17. The summed E-state index contributed by atoms with van der Waals surface area (Å²) in [7, 11) is 0. The normalized spacial score (nSPS) is 10.7. The number of furan rings is 1. The van der Waals surface area contributed by atoms with Crippen molar-refractivity contribution in [2.75, 3.05) is 11.1 Å². The summed E-state index contributed by atoms with van der Waals surface area (Å²) < 4.78 is 5.24. The van der Waals surface area contributed by atoms with Gasteiger partial charge in [0.25, 0.3) is 0 Å². The van der Waals surface area contributed by atoms with Crippen molar-refractivity contribution in [3.05, 3.63) is 59.4 Å². The lowest BCUT2D eigenvalue weighted by Crippen LogP contribution is -2.13. The number of anilines is 1. The van der Waals surface area contributed by atoms with Gasteiger partial charge in [-0.25, -0.2) is 4.98 Å². The topological polar surface area (TPSA) is 55.1 Å². The smallest absolute Gasteiger partial charge is 0.236 e. The molecule has 0 unspecified atom stereocenters. The number of aryl methyl sites for hydroxylation is 1. The van der Waals surface area contributed by atoms with Gasteiger partial charge < -0.3 is 9.73 Å². The van der Waals surface area contributed by atoms with Gasteiger partial charge in [-0.2, -0.15) is 0 Å². The minimum Gasteiger partial charge on any atom is -0.468 e. The number of rotatable bonds is 7. The van der Waals surface area contributed by atoms with Gasteiger partial charge in [0, 0.05) is 10.9 Å². The SMILES string of the molecule is CCc1ccc(-c2csc(NC(=O)CSCc3ccco3)n2)cc1. The molecule has 2 heterocycles. The Kier molecular flexibility index (Phi) is 5.72. The molecule has 0 atom stereocenters. The number of thioether (sulfide) groups is 1. The molecule has 0 fully saturated rings. The van der Waals surface area contributed by atoms with Crippen LogP contribution >= 0.6 is 23.1 Å². The fourth-order valence-corrected chi connectivity index (χ4v) is 3.63. The van der Waals surface area contributed by atoms with Gasteiger partial charge in [-0.05, 0) is 24.1 Å². The molecule has 3 rings (SSSR count). The van der Waals surface area contributed by atoms with E-state index in [0.717, 1.165) is 23.4 Å². The van der Waals surface area contributed by atoms with Crippen molar-refractivity contribution in [3.8, 4) is 11.3 Å². The predicted octanol–water partition coefficient (Wildman–Crippen LogP) is 4.84. The Morgan fingerprint density at radius 3 is 2.83 bits per heavy atom. The maximum atomic E-state index is 12.0. The maximum absolute atomic E-state index is 12.0. The highest BCUT2D eigenvalue weighted by Crippen LogP contribution is 2.25. The summed E-state index contributed by atoms with van der Waals surface area (Å²) >= 11 is 2.96. The summed E-state index contributed by atoms with van der Waals surface area (Å²) in [6, 6.07) is 12.1. The fourth-order valence-electron chi connectivity index (χ4n) is 2.17. The number of thiazole rings is 1. The lowest BCUT2D eigenvalue weighted by atomic mass is 10.1. The second-order valence-corrected chi connectivity index (χ2v) is 7.05. The molecule has 3 aromatic rings. The summed E-state index contributed by atoms with van der Waals surface area (Å²) in [5.74, 6) is 1.89. The molecule has 1 amide bonds. The zero-order valence-corrected chi connectivity index (χ0v) is 15.0. The summed E-state index contributed by atoms with van der Waals surface area (Å²) in [5.41, 5.74) is 3.26. The van der Waals surface area contributed by atoms with E-state index in [9.17, 15) is 4.79 Å². The van der Waals surface area contributed by atoms with Gasteiger partial charge in [-0.1, -0.05) is 31.2 Å². The molecule has 0 saturated carbocycles. The van der Waals surface area contributed by atoms with Crippen molar-refractivity contribution in [3.63, 3.8) is 0 Å². The monoisotopic (exact) mass is 358 g/mol. The third kappa shape index (κ3) is 4.49. The molecule has 6 heteroatoms. The molecule has 0 radical (unpaired) electrons. The Balaban J connectivity index is 1.52. The Labute approximate surface area is 149 Å². The largest absolute Gasteiger partial charge is 0.468 e. The van der Waals surface area contributed by atoms with E-state index in [1.165, 1.54) is 28.7 Å². The Hall–Kier alpha value is -2.05. The highest BCUT2D eigenvalue weighted by Gasteiger charge is 2.09. The van der Waals surface area contributed by atoms with E-state index in [-0.39, 0.29) is 5.91 Å². The van der Waals surface area contributed by atoms with E-state index in [1.807, 2.05) is 17.5 Å². The molecular weight excluding hydrogens is 340 g/mol. The molecule has 24 heavy (non-hydrogen) atoms. The molecular formula is C18H18N2O2S2. The molecule has 4 nitrogen and oxygen atoms in total. The van der Waals surface area contributed by atoms with Crippen molar-refractivity contribution in [1.29, 1.82) is 0 Å². The maximum Gasteiger partial charge on any atom is 0.236 e. The highest BCUT2D eigenvalue weighted by atomic mass is 32.2. The third-order valence-corrected chi connectivity index (χ3v) is 5.18. The first kappa shape index (κ1) is 16.8. The molecule has 2 aromatic heterocycles. The van der Waals surface area contributed by atoms with Crippen LogP contribution < -0.4 is 5.32 Å². The van der Waals surface area contributed by atoms with E-state index in [4.69, 9.17) is 4.42 Å². The predicted molar refractivity (Wildman–Crippen MR) is 100 cm³/mol. The van der Waals surface area contributed by atoms with Crippen LogP contribution in [0.2, 0.25) is 0 Å². The highest BCUT2D eigenvalue weighted by molar-refractivity contribution is 7.99. The van der Waals surface area contributed by atoms with Gasteiger partial charge in [0.1, 0.15) is 5.76 Å². The molecule has 0 aliphatic heterocycles. The number of amides is 1. The quantitative estimate of drug-likeness (QED) is 0.657. The van der Waals surface area contributed by atoms with Gasteiger partial charge in [-0.3, -0.25) is 4.79 Å². The number of carbonyl (C=O) groups excluding carboxylic acids is 1. The van der Waals surface area contributed by atoms with Crippen LogP contribution in [0.3, 0.4) is 0 Å². The Bertz CT molecular complexity index is 780. The number of aromatic nitrogens is 1. The first-order valence-electron chi connectivity index (χ1n) is 7.69. The van der Waals surface area contributed by atoms with Crippen LogP contribution in [0.1, 0.15) is 18.2 Å². The van der Waals surface area contributed by atoms with Gasteiger partial charge in [0.2, 0.25) is 5.91 Å². The first-order valence-corrected chi connectivity index (χ1v) is 9.73. The molecule has 0 spiro atoms. The van der Waals surface area contributed by atoms with E-state index < -0.39 is 0 Å². The summed E-state index contributed by atoms with van der Waals surface area (Å²) in [4.78, 5) is 16.5. The molecule has 124 valence electrons. The van der Waals surface area contributed by atoms with E-state index >= 15 is 0 Å². The zero-order chi connectivity index (χ0) is 16.8. The number of nitrogens with one attached hydrogen (secondary N) is 1. The van der Waals surface area contributed by atoms with Crippen LogP contribution in [0.4, 0.5) is 5.13 Å². The van der Waals surface area contributed by atoms with Crippen molar-refractivity contribution >= 4 is 34.1 Å². The van der Waals surface area contributed by atoms with Crippen LogP contribution in [-0.4, -0.2) is 16.6 Å². The zero-order valence-electron chi connectivity index (χ0n) is 13.3.